The van der Waals surface area contributed by atoms with E-state index in [0.717, 1.165) is 5.56 Å². The van der Waals surface area contributed by atoms with Gasteiger partial charge >= 0.3 is 0 Å². The van der Waals surface area contributed by atoms with Crippen LogP contribution >= 0.6 is 23.4 Å². The van der Waals surface area contributed by atoms with E-state index in [9.17, 15) is 8.78 Å². The fourth-order valence-electron chi connectivity index (χ4n) is 2.10. The Labute approximate surface area is 141 Å². The van der Waals surface area contributed by atoms with E-state index in [1.54, 1.807) is 35.9 Å². The number of aromatic nitrogens is 3. The van der Waals surface area contributed by atoms with Crippen molar-refractivity contribution in [1.82, 2.24) is 14.8 Å². The molecule has 3 rings (SSSR count). The summed E-state index contributed by atoms with van der Waals surface area (Å²) in [6, 6.07) is 10.7. The second kappa shape index (κ2) is 6.68. The smallest absolute Gasteiger partial charge is 0.191 e. The molecule has 0 fully saturated rings. The third-order valence-electron chi connectivity index (χ3n) is 3.32. The van der Waals surface area contributed by atoms with Gasteiger partial charge in [0.1, 0.15) is 11.6 Å². The lowest BCUT2D eigenvalue weighted by Crippen LogP contribution is -1.97. The molecular formula is C16H12ClF2N3S. The summed E-state index contributed by atoms with van der Waals surface area (Å²) in [6.07, 6.45) is 0. The Hall–Kier alpha value is -1.92. The van der Waals surface area contributed by atoms with Crippen LogP contribution < -0.4 is 0 Å². The van der Waals surface area contributed by atoms with E-state index in [2.05, 4.69) is 10.2 Å². The number of benzene rings is 2. The standard InChI is InChI=1S/C16H12ClF2N3S/c1-22-15(12-4-2-3-5-14(12)19)20-21-16(22)23-9-10-6-7-11(18)8-13(10)17/h2-8H,9H2,1H3. The molecule has 0 aliphatic rings. The number of thioether (sulfide) groups is 1. The third kappa shape index (κ3) is 3.38. The summed E-state index contributed by atoms with van der Waals surface area (Å²) in [6.45, 7) is 0. The largest absolute Gasteiger partial charge is 0.305 e. The van der Waals surface area contributed by atoms with Crippen molar-refractivity contribution in [3.05, 3.63) is 64.7 Å². The van der Waals surface area contributed by atoms with Crippen molar-refractivity contribution < 1.29 is 8.78 Å². The minimum absolute atomic E-state index is 0.346. The van der Waals surface area contributed by atoms with Gasteiger partial charge in [-0.15, -0.1) is 10.2 Å². The van der Waals surface area contributed by atoms with Crippen molar-refractivity contribution in [3.63, 3.8) is 0 Å². The predicted molar refractivity (Wildman–Crippen MR) is 87.4 cm³/mol. The Morgan fingerprint density at radius 3 is 2.65 bits per heavy atom. The highest BCUT2D eigenvalue weighted by Crippen LogP contribution is 2.29. The molecule has 3 nitrogen and oxygen atoms in total. The lowest BCUT2D eigenvalue weighted by atomic mass is 10.2. The van der Waals surface area contributed by atoms with E-state index in [1.807, 2.05) is 0 Å². The molecular weight excluding hydrogens is 340 g/mol. The van der Waals surface area contributed by atoms with Crippen LogP contribution in [0.2, 0.25) is 5.02 Å². The van der Waals surface area contributed by atoms with Gasteiger partial charge in [0, 0.05) is 17.8 Å². The first-order valence-corrected chi connectivity index (χ1v) is 8.13. The summed E-state index contributed by atoms with van der Waals surface area (Å²) in [5.41, 5.74) is 1.20. The Bertz CT molecular complexity index is 851. The van der Waals surface area contributed by atoms with E-state index in [1.165, 1.54) is 30.0 Å². The molecule has 0 aliphatic carbocycles. The Morgan fingerprint density at radius 2 is 1.91 bits per heavy atom. The molecule has 0 N–H and O–H groups in total. The van der Waals surface area contributed by atoms with Crippen LogP contribution in [0.15, 0.2) is 47.6 Å². The minimum Gasteiger partial charge on any atom is -0.305 e. The lowest BCUT2D eigenvalue weighted by molar-refractivity contribution is 0.627. The van der Waals surface area contributed by atoms with Gasteiger partial charge < -0.3 is 4.57 Å². The summed E-state index contributed by atoms with van der Waals surface area (Å²) >= 11 is 7.41. The van der Waals surface area contributed by atoms with Gasteiger partial charge in [-0.25, -0.2) is 8.78 Å². The van der Waals surface area contributed by atoms with Gasteiger partial charge in [-0.1, -0.05) is 41.6 Å². The number of rotatable bonds is 4. The molecule has 0 saturated heterocycles. The van der Waals surface area contributed by atoms with Crippen LogP contribution in [0.25, 0.3) is 11.4 Å². The molecule has 118 valence electrons. The van der Waals surface area contributed by atoms with Gasteiger partial charge in [-0.05, 0) is 29.8 Å². The highest BCUT2D eigenvalue weighted by Gasteiger charge is 2.14. The van der Waals surface area contributed by atoms with Crippen LogP contribution in [-0.4, -0.2) is 14.8 Å². The minimum atomic E-state index is -0.371. The Balaban J connectivity index is 1.81. The zero-order valence-corrected chi connectivity index (χ0v) is 13.7. The van der Waals surface area contributed by atoms with Crippen LogP contribution in [0.3, 0.4) is 0 Å². The molecule has 0 atom stereocenters. The van der Waals surface area contributed by atoms with Crippen molar-refractivity contribution >= 4 is 23.4 Å². The zero-order valence-electron chi connectivity index (χ0n) is 12.1. The van der Waals surface area contributed by atoms with E-state index in [0.29, 0.717) is 27.3 Å². The fraction of sp³-hybridized carbons (Fsp3) is 0.125. The normalized spacial score (nSPS) is 11.0. The van der Waals surface area contributed by atoms with Crippen molar-refractivity contribution in [2.24, 2.45) is 7.05 Å². The lowest BCUT2D eigenvalue weighted by Gasteiger charge is -2.06. The average Bonchev–Trinajstić information content (AvgIpc) is 2.88. The summed E-state index contributed by atoms with van der Waals surface area (Å²) < 4.78 is 28.6. The molecule has 2 aromatic carbocycles. The predicted octanol–water partition coefficient (Wildman–Crippen LogP) is 4.71. The van der Waals surface area contributed by atoms with Crippen molar-refractivity contribution in [1.29, 1.82) is 0 Å². The molecule has 0 saturated carbocycles. The fourth-order valence-corrected chi connectivity index (χ4v) is 3.33. The van der Waals surface area contributed by atoms with Gasteiger partial charge in [0.15, 0.2) is 11.0 Å². The maximum absolute atomic E-state index is 13.9. The Morgan fingerprint density at radius 1 is 1.13 bits per heavy atom. The molecule has 3 aromatic rings. The molecule has 0 amide bonds. The van der Waals surface area contributed by atoms with Crippen LogP contribution in [-0.2, 0) is 12.8 Å². The zero-order chi connectivity index (χ0) is 16.4. The Kier molecular flexibility index (Phi) is 4.63. The highest BCUT2D eigenvalue weighted by molar-refractivity contribution is 7.98. The molecule has 23 heavy (non-hydrogen) atoms. The second-order valence-electron chi connectivity index (χ2n) is 4.87. The summed E-state index contributed by atoms with van der Waals surface area (Å²) in [5, 5.41) is 9.14. The van der Waals surface area contributed by atoms with E-state index < -0.39 is 0 Å². The number of hydrogen-bond acceptors (Lipinski definition) is 3. The summed E-state index contributed by atoms with van der Waals surface area (Å²) in [7, 11) is 1.77. The van der Waals surface area contributed by atoms with E-state index in [4.69, 9.17) is 11.6 Å². The maximum atomic E-state index is 13.9. The highest BCUT2D eigenvalue weighted by atomic mass is 35.5. The van der Waals surface area contributed by atoms with Crippen LogP contribution in [0.5, 0.6) is 0 Å². The van der Waals surface area contributed by atoms with Gasteiger partial charge in [-0.3, -0.25) is 0 Å². The van der Waals surface area contributed by atoms with E-state index >= 15 is 0 Å². The topological polar surface area (TPSA) is 30.7 Å². The second-order valence-corrected chi connectivity index (χ2v) is 6.22. The van der Waals surface area contributed by atoms with Crippen LogP contribution in [0.4, 0.5) is 8.78 Å². The van der Waals surface area contributed by atoms with Crippen molar-refractivity contribution in [2.75, 3.05) is 0 Å². The first kappa shape index (κ1) is 16.0. The molecule has 1 aromatic heterocycles. The summed E-state index contributed by atoms with van der Waals surface area (Å²) in [4.78, 5) is 0. The molecule has 0 spiro atoms. The molecule has 0 radical (unpaired) electrons. The van der Waals surface area contributed by atoms with Gasteiger partial charge in [0.05, 0.1) is 5.56 Å². The molecule has 1 heterocycles. The number of hydrogen-bond donors (Lipinski definition) is 0. The monoisotopic (exact) mass is 351 g/mol. The first-order valence-electron chi connectivity index (χ1n) is 6.77. The van der Waals surface area contributed by atoms with Gasteiger partial charge in [0.25, 0.3) is 0 Å². The van der Waals surface area contributed by atoms with Gasteiger partial charge in [0.2, 0.25) is 0 Å². The maximum Gasteiger partial charge on any atom is 0.191 e. The quantitative estimate of drug-likeness (QED) is 0.638. The average molecular weight is 352 g/mol. The van der Waals surface area contributed by atoms with Gasteiger partial charge in [-0.2, -0.15) is 0 Å². The summed E-state index contributed by atoms with van der Waals surface area (Å²) in [5.74, 6) is 0.253. The molecule has 0 aliphatic heterocycles. The van der Waals surface area contributed by atoms with Crippen molar-refractivity contribution in [2.45, 2.75) is 10.9 Å². The van der Waals surface area contributed by atoms with Crippen LogP contribution in [0, 0.1) is 11.6 Å². The number of nitrogens with zero attached hydrogens (tertiary/aromatic N) is 3. The molecule has 0 bridgehead atoms. The van der Waals surface area contributed by atoms with Crippen molar-refractivity contribution in [3.8, 4) is 11.4 Å². The van der Waals surface area contributed by atoms with Crippen LogP contribution in [0.1, 0.15) is 5.56 Å². The van der Waals surface area contributed by atoms with E-state index in [-0.39, 0.29) is 11.6 Å². The molecule has 7 heteroatoms. The SMILES string of the molecule is Cn1c(SCc2ccc(F)cc2Cl)nnc1-c1ccccc1F. The first-order chi connectivity index (χ1) is 11.1. The number of halogens is 3. The third-order valence-corrected chi connectivity index (χ3v) is 4.74. The molecule has 0 unspecified atom stereocenters.